The van der Waals surface area contributed by atoms with E-state index in [1.807, 2.05) is 0 Å². The van der Waals surface area contributed by atoms with Gasteiger partial charge in [-0.2, -0.15) is 0 Å². The lowest BCUT2D eigenvalue weighted by molar-refractivity contribution is 0.0707. The van der Waals surface area contributed by atoms with E-state index in [1.54, 1.807) is 46.1 Å². The highest BCUT2D eigenvalue weighted by atomic mass is 32.2. The quantitative estimate of drug-likeness (QED) is 0.309. The Balaban J connectivity index is 1.46. The zero-order valence-electron chi connectivity index (χ0n) is 23.7. The summed E-state index contributed by atoms with van der Waals surface area (Å²) in [5.41, 5.74) is 3.31. The van der Waals surface area contributed by atoms with Gasteiger partial charge in [0, 0.05) is 61.9 Å². The number of benzene rings is 2. The van der Waals surface area contributed by atoms with Crippen molar-refractivity contribution in [1.29, 1.82) is 0 Å². The third-order valence-corrected chi connectivity index (χ3v) is 9.12. The molecule has 5 aromatic rings. The lowest BCUT2D eigenvalue weighted by atomic mass is 9.87. The van der Waals surface area contributed by atoms with Gasteiger partial charge in [0.25, 0.3) is 11.8 Å². The molecule has 13 heteroatoms. The highest BCUT2D eigenvalue weighted by Gasteiger charge is 2.31. The van der Waals surface area contributed by atoms with E-state index < -0.39 is 21.7 Å². The molecule has 4 heterocycles. The van der Waals surface area contributed by atoms with Gasteiger partial charge in [-0.05, 0) is 60.9 Å². The zero-order valence-corrected chi connectivity index (χ0v) is 24.6. The van der Waals surface area contributed by atoms with Crippen molar-refractivity contribution in [1.82, 2.24) is 25.0 Å². The molecule has 0 bridgehead atoms. The number of carbonyl (C=O) groups is 2. The van der Waals surface area contributed by atoms with Gasteiger partial charge in [0.2, 0.25) is 10.0 Å². The molecular formula is C30H29FN6O5S. The second-order valence-corrected chi connectivity index (χ2v) is 12.7. The van der Waals surface area contributed by atoms with E-state index in [9.17, 15) is 22.4 Å². The van der Waals surface area contributed by atoms with Gasteiger partial charge in [-0.1, -0.05) is 5.21 Å². The number of halogens is 1. The Labute approximate surface area is 246 Å². The Morgan fingerprint density at radius 2 is 1.91 bits per heavy atom. The number of nitrogens with one attached hydrogen (secondary N) is 1. The van der Waals surface area contributed by atoms with Crippen molar-refractivity contribution in [2.75, 3.05) is 37.7 Å². The molecule has 1 saturated heterocycles. The maximum Gasteiger partial charge on any atom is 0.255 e. The van der Waals surface area contributed by atoms with E-state index in [-0.39, 0.29) is 23.1 Å². The summed E-state index contributed by atoms with van der Waals surface area (Å²) in [6, 6.07) is 12.4. The number of fused-ring (bicyclic) bond motifs is 2. The molecule has 1 atom stereocenters. The number of likely N-dealkylation sites (tertiary alicyclic amines) is 1. The van der Waals surface area contributed by atoms with Crippen LogP contribution in [0.4, 0.5) is 10.1 Å². The van der Waals surface area contributed by atoms with Crippen LogP contribution < -0.4 is 9.62 Å². The van der Waals surface area contributed by atoms with Gasteiger partial charge in [0.1, 0.15) is 17.2 Å². The fourth-order valence-electron chi connectivity index (χ4n) is 5.64. The van der Waals surface area contributed by atoms with Crippen LogP contribution in [0, 0.1) is 5.82 Å². The second kappa shape index (κ2) is 10.8. The number of amides is 2. The Hall–Kier alpha value is -4.78. The summed E-state index contributed by atoms with van der Waals surface area (Å²) < 4.78 is 48.1. The summed E-state index contributed by atoms with van der Waals surface area (Å²) >= 11 is 0. The first kappa shape index (κ1) is 28.3. The van der Waals surface area contributed by atoms with E-state index in [2.05, 4.69) is 15.6 Å². The van der Waals surface area contributed by atoms with Gasteiger partial charge < -0.3 is 14.6 Å². The van der Waals surface area contributed by atoms with Crippen LogP contribution in [-0.4, -0.2) is 73.4 Å². The van der Waals surface area contributed by atoms with Crippen LogP contribution in [-0.2, 0) is 10.0 Å². The van der Waals surface area contributed by atoms with Gasteiger partial charge in [0.15, 0.2) is 0 Å². The second-order valence-electron chi connectivity index (χ2n) is 10.6. The maximum absolute atomic E-state index is 13.7. The van der Waals surface area contributed by atoms with Crippen LogP contribution in [0.25, 0.3) is 27.8 Å². The molecule has 0 saturated carbocycles. The minimum absolute atomic E-state index is 0.152. The Bertz CT molecular complexity index is 1990. The van der Waals surface area contributed by atoms with Gasteiger partial charge in [-0.3, -0.25) is 13.9 Å². The predicted octanol–water partition coefficient (Wildman–Crippen LogP) is 4.06. The van der Waals surface area contributed by atoms with Crippen molar-refractivity contribution >= 4 is 44.0 Å². The third kappa shape index (κ3) is 5.20. The first-order valence-corrected chi connectivity index (χ1v) is 15.5. The lowest BCUT2D eigenvalue weighted by Gasteiger charge is -2.35. The van der Waals surface area contributed by atoms with E-state index in [1.165, 1.54) is 42.7 Å². The van der Waals surface area contributed by atoms with Crippen LogP contribution in [0.5, 0.6) is 0 Å². The van der Waals surface area contributed by atoms with Crippen LogP contribution >= 0.6 is 0 Å². The largest absolute Gasteiger partial charge is 0.455 e. The first-order chi connectivity index (χ1) is 20.5. The lowest BCUT2D eigenvalue weighted by Crippen LogP contribution is -2.39. The molecule has 43 heavy (non-hydrogen) atoms. The summed E-state index contributed by atoms with van der Waals surface area (Å²) in [5, 5.41) is 10.9. The summed E-state index contributed by atoms with van der Waals surface area (Å²) in [6.45, 7) is 0.886. The minimum Gasteiger partial charge on any atom is -0.455 e. The minimum atomic E-state index is -3.68. The average Bonchev–Trinajstić information content (AvgIpc) is 3.63. The number of hydrogen-bond donors (Lipinski definition) is 1. The van der Waals surface area contributed by atoms with Crippen molar-refractivity contribution in [2.24, 2.45) is 0 Å². The molecule has 2 amide bonds. The van der Waals surface area contributed by atoms with Gasteiger partial charge in [0.05, 0.1) is 29.2 Å². The first-order valence-electron chi connectivity index (χ1n) is 13.7. The predicted molar refractivity (Wildman–Crippen MR) is 159 cm³/mol. The molecule has 1 aliphatic rings. The monoisotopic (exact) mass is 604 g/mol. The van der Waals surface area contributed by atoms with E-state index in [0.717, 1.165) is 6.26 Å². The number of rotatable bonds is 6. The number of sulfonamides is 1. The molecule has 1 N–H and O–H groups in total. The fraction of sp³-hybridized carbons (Fsp3) is 0.267. The van der Waals surface area contributed by atoms with Crippen LogP contribution in [0.3, 0.4) is 0 Å². The summed E-state index contributed by atoms with van der Waals surface area (Å²) in [7, 11) is -0.712. The van der Waals surface area contributed by atoms with Gasteiger partial charge in [-0.15, -0.1) is 5.10 Å². The number of piperidine rings is 1. The van der Waals surface area contributed by atoms with Crippen LogP contribution in [0.15, 0.2) is 65.3 Å². The summed E-state index contributed by atoms with van der Waals surface area (Å²) in [5.74, 6) is -0.981. The molecule has 0 spiro atoms. The molecule has 1 aliphatic heterocycles. The molecule has 3 aromatic heterocycles. The summed E-state index contributed by atoms with van der Waals surface area (Å²) in [6.07, 6.45) is 5.77. The van der Waals surface area contributed by atoms with Gasteiger partial charge in [-0.25, -0.2) is 17.3 Å². The zero-order chi connectivity index (χ0) is 30.5. The van der Waals surface area contributed by atoms with Crippen molar-refractivity contribution in [3.8, 4) is 11.3 Å². The topological polar surface area (TPSA) is 130 Å². The molecule has 6 rings (SSSR count). The normalized spacial score (nSPS) is 15.6. The molecule has 0 aliphatic carbocycles. The maximum atomic E-state index is 13.7. The van der Waals surface area contributed by atoms with Gasteiger partial charge >= 0.3 is 0 Å². The average molecular weight is 605 g/mol. The fourth-order valence-corrected chi connectivity index (χ4v) is 6.16. The molecule has 222 valence electrons. The number of pyridine rings is 1. The van der Waals surface area contributed by atoms with E-state index in [0.29, 0.717) is 64.8 Å². The van der Waals surface area contributed by atoms with Crippen LogP contribution in [0.1, 0.15) is 45.0 Å². The van der Waals surface area contributed by atoms with Crippen LogP contribution in [0.2, 0.25) is 0 Å². The Morgan fingerprint density at radius 1 is 1.14 bits per heavy atom. The standard InChI is InChI=1S/C30H29FN6O5S/c1-32-29(38)27-24-14-23(20-5-4-11-36(17-20)30(39)19-10-12-37-22(13-19)16-33-34-37)25(35(2)43(3,40)41)15-26(24)42-28(27)18-6-8-21(31)9-7-18/h6-10,12-16,20H,4-5,11,17H2,1-3H3,(H,32,38)/t20-/m0/s1. The molecule has 1 fully saturated rings. The smallest absolute Gasteiger partial charge is 0.255 e. The number of hydrogen-bond acceptors (Lipinski definition) is 7. The highest BCUT2D eigenvalue weighted by molar-refractivity contribution is 7.92. The van der Waals surface area contributed by atoms with Crippen molar-refractivity contribution < 1.29 is 26.8 Å². The SMILES string of the molecule is CNC(=O)c1c(-c2ccc(F)cc2)oc2cc(N(C)S(C)(=O)=O)c([C@H]3CCCN(C(=O)c4ccn5nncc5c4)C3)cc12. The number of aromatic nitrogens is 3. The number of nitrogens with zero attached hydrogens (tertiary/aromatic N) is 5. The van der Waals surface area contributed by atoms with Crippen molar-refractivity contribution in [2.45, 2.75) is 18.8 Å². The third-order valence-electron chi connectivity index (χ3n) is 7.93. The number of anilines is 1. The molecule has 11 nitrogen and oxygen atoms in total. The highest BCUT2D eigenvalue weighted by Crippen LogP contribution is 2.42. The Kier molecular flexibility index (Phi) is 7.12. The summed E-state index contributed by atoms with van der Waals surface area (Å²) in [4.78, 5) is 28.5. The van der Waals surface area contributed by atoms with E-state index >= 15 is 0 Å². The molecule has 0 unspecified atom stereocenters. The van der Waals surface area contributed by atoms with Crippen molar-refractivity contribution in [3.05, 3.63) is 83.4 Å². The number of carbonyl (C=O) groups excluding carboxylic acids is 2. The molecule has 0 radical (unpaired) electrons. The molecular weight excluding hydrogens is 575 g/mol. The van der Waals surface area contributed by atoms with E-state index in [4.69, 9.17) is 4.42 Å². The van der Waals surface area contributed by atoms with Crippen molar-refractivity contribution in [3.63, 3.8) is 0 Å². The molecule has 2 aromatic carbocycles. The number of furan rings is 1. The Morgan fingerprint density at radius 3 is 2.63 bits per heavy atom.